The molecule has 0 aliphatic heterocycles. The molecule has 0 bridgehead atoms. The van der Waals surface area contributed by atoms with Gasteiger partial charge in [-0.2, -0.15) is 0 Å². The van der Waals surface area contributed by atoms with Gasteiger partial charge in [-0.3, -0.25) is 13.9 Å². The summed E-state index contributed by atoms with van der Waals surface area (Å²) in [5.74, 6) is -0.676. The van der Waals surface area contributed by atoms with Gasteiger partial charge in [-0.05, 0) is 87.1 Å². The van der Waals surface area contributed by atoms with E-state index in [0.717, 1.165) is 59.1 Å². The Morgan fingerprint density at radius 1 is 0.745 bits per heavy atom. The van der Waals surface area contributed by atoms with E-state index in [4.69, 9.17) is 0 Å². The molecule has 0 heterocycles. The Hall–Kier alpha value is -4.43. The minimum absolute atomic E-state index is 0.0605. The fraction of sp³-hybridized carbons (Fsp3) is 0.333. The van der Waals surface area contributed by atoms with Gasteiger partial charge in [-0.15, -0.1) is 0 Å². The van der Waals surface area contributed by atoms with Crippen molar-refractivity contribution in [1.29, 1.82) is 0 Å². The van der Waals surface area contributed by atoms with E-state index in [-0.39, 0.29) is 23.4 Å². The summed E-state index contributed by atoms with van der Waals surface area (Å²) in [5.41, 5.74) is 5.91. The Bertz CT molecular complexity index is 1780. The number of hydrogen-bond donors (Lipinski definition) is 1. The van der Waals surface area contributed by atoms with Crippen molar-refractivity contribution in [2.45, 2.75) is 83.3 Å². The Morgan fingerprint density at radius 3 is 2.02 bits per heavy atom. The zero-order valence-electron chi connectivity index (χ0n) is 27.8. The lowest BCUT2D eigenvalue weighted by Crippen LogP contribution is -2.54. The number of rotatable bonds is 12. The fourth-order valence-electron chi connectivity index (χ4n) is 6.39. The quantitative estimate of drug-likeness (QED) is 0.182. The lowest BCUT2D eigenvalue weighted by molar-refractivity contribution is -0.140. The molecule has 1 N–H and O–H groups in total. The first-order valence-electron chi connectivity index (χ1n) is 16.4. The smallest absolute Gasteiger partial charge is 0.264 e. The summed E-state index contributed by atoms with van der Waals surface area (Å²) in [6.45, 7) is 7.38. The maximum Gasteiger partial charge on any atom is 0.264 e. The topological polar surface area (TPSA) is 86.8 Å². The van der Waals surface area contributed by atoms with Gasteiger partial charge in [0.15, 0.2) is 0 Å². The zero-order valence-corrected chi connectivity index (χ0v) is 28.6. The molecule has 4 aromatic rings. The van der Waals surface area contributed by atoms with Crippen molar-refractivity contribution >= 4 is 27.5 Å². The molecule has 0 radical (unpaired) electrons. The number of nitrogens with zero attached hydrogens (tertiary/aromatic N) is 2. The first kappa shape index (κ1) is 33.9. The van der Waals surface area contributed by atoms with Crippen LogP contribution >= 0.6 is 0 Å². The SMILES string of the molecule is Cc1ccc(S(=O)(=O)N(CC(=O)N(Cc2cccc(C)c2)[C@@H](Cc2ccccc2)C(=O)NC2CCCC2)c2cc(C)cc(C)c2)cc1. The minimum atomic E-state index is -4.15. The molecule has 1 atom stereocenters. The van der Waals surface area contributed by atoms with E-state index in [1.54, 1.807) is 41.3 Å². The van der Waals surface area contributed by atoms with Gasteiger partial charge in [0.2, 0.25) is 11.8 Å². The summed E-state index contributed by atoms with van der Waals surface area (Å²) in [6, 6.07) is 28.9. The molecule has 7 nitrogen and oxygen atoms in total. The van der Waals surface area contributed by atoms with E-state index in [1.807, 2.05) is 88.4 Å². The van der Waals surface area contributed by atoms with Crippen molar-refractivity contribution in [1.82, 2.24) is 10.2 Å². The normalized spacial score (nSPS) is 14.0. The van der Waals surface area contributed by atoms with Gasteiger partial charge in [-0.25, -0.2) is 8.42 Å². The van der Waals surface area contributed by atoms with Crippen molar-refractivity contribution in [3.05, 3.63) is 130 Å². The number of anilines is 1. The highest BCUT2D eigenvalue weighted by Gasteiger charge is 2.35. The first-order valence-corrected chi connectivity index (χ1v) is 17.8. The number of carbonyl (C=O) groups is 2. The molecule has 0 aromatic heterocycles. The van der Waals surface area contributed by atoms with Crippen LogP contribution in [-0.4, -0.2) is 43.8 Å². The van der Waals surface area contributed by atoms with Gasteiger partial charge < -0.3 is 10.2 Å². The van der Waals surface area contributed by atoms with E-state index >= 15 is 0 Å². The fourth-order valence-corrected chi connectivity index (χ4v) is 7.79. The molecule has 246 valence electrons. The molecule has 1 saturated carbocycles. The third kappa shape index (κ3) is 8.69. The van der Waals surface area contributed by atoms with Crippen LogP contribution < -0.4 is 9.62 Å². The molecule has 8 heteroatoms. The highest BCUT2D eigenvalue weighted by Crippen LogP contribution is 2.28. The molecular formula is C39H45N3O4S. The largest absolute Gasteiger partial charge is 0.352 e. The van der Waals surface area contributed by atoms with Crippen LogP contribution in [0.4, 0.5) is 5.69 Å². The summed E-state index contributed by atoms with van der Waals surface area (Å²) < 4.78 is 29.8. The van der Waals surface area contributed by atoms with Crippen molar-refractivity contribution < 1.29 is 18.0 Å². The molecule has 4 aromatic carbocycles. The number of hydrogen-bond acceptors (Lipinski definition) is 4. The van der Waals surface area contributed by atoms with Gasteiger partial charge >= 0.3 is 0 Å². The maximum atomic E-state index is 14.7. The lowest BCUT2D eigenvalue weighted by Gasteiger charge is -2.34. The molecule has 1 aliphatic rings. The van der Waals surface area contributed by atoms with Crippen molar-refractivity contribution in [2.24, 2.45) is 0 Å². The van der Waals surface area contributed by atoms with E-state index in [1.165, 1.54) is 4.31 Å². The molecule has 47 heavy (non-hydrogen) atoms. The lowest BCUT2D eigenvalue weighted by atomic mass is 10.0. The third-order valence-corrected chi connectivity index (χ3v) is 10.6. The predicted octanol–water partition coefficient (Wildman–Crippen LogP) is 6.81. The number of amides is 2. The first-order chi connectivity index (χ1) is 22.5. The van der Waals surface area contributed by atoms with Gasteiger partial charge in [0.05, 0.1) is 10.6 Å². The van der Waals surface area contributed by atoms with Gasteiger partial charge in [-0.1, -0.05) is 96.8 Å². The van der Waals surface area contributed by atoms with E-state index in [2.05, 4.69) is 5.32 Å². The van der Waals surface area contributed by atoms with Crippen LogP contribution in [0, 0.1) is 27.7 Å². The Balaban J connectivity index is 1.58. The van der Waals surface area contributed by atoms with E-state index < -0.39 is 28.5 Å². The number of carbonyl (C=O) groups excluding carboxylic acids is 2. The van der Waals surface area contributed by atoms with Crippen LogP contribution in [0.15, 0.2) is 102 Å². The Morgan fingerprint density at radius 2 is 1.38 bits per heavy atom. The maximum absolute atomic E-state index is 14.7. The number of sulfonamides is 1. The highest BCUT2D eigenvalue weighted by molar-refractivity contribution is 7.92. The summed E-state index contributed by atoms with van der Waals surface area (Å²) in [4.78, 5) is 30.6. The van der Waals surface area contributed by atoms with Crippen molar-refractivity contribution in [3.63, 3.8) is 0 Å². The molecule has 5 rings (SSSR count). The van der Waals surface area contributed by atoms with Crippen molar-refractivity contribution in [3.8, 4) is 0 Å². The summed E-state index contributed by atoms with van der Waals surface area (Å²) in [7, 11) is -4.15. The number of nitrogens with one attached hydrogen (secondary N) is 1. The van der Waals surface area contributed by atoms with Crippen LogP contribution in [0.5, 0.6) is 0 Å². The summed E-state index contributed by atoms with van der Waals surface area (Å²) in [6.07, 6.45) is 4.23. The third-order valence-electron chi connectivity index (χ3n) is 8.79. The summed E-state index contributed by atoms with van der Waals surface area (Å²) >= 11 is 0. The Labute approximate surface area is 279 Å². The monoisotopic (exact) mass is 651 g/mol. The second kappa shape index (κ2) is 15.0. The highest BCUT2D eigenvalue weighted by atomic mass is 32.2. The molecule has 1 aliphatic carbocycles. The average Bonchev–Trinajstić information content (AvgIpc) is 3.54. The molecule has 1 fully saturated rings. The van der Waals surface area contributed by atoms with E-state index in [0.29, 0.717) is 12.1 Å². The van der Waals surface area contributed by atoms with Crippen LogP contribution in [0.25, 0.3) is 0 Å². The second-order valence-electron chi connectivity index (χ2n) is 12.9. The molecule has 0 unspecified atom stereocenters. The molecule has 2 amide bonds. The molecule has 0 spiro atoms. The van der Waals surface area contributed by atoms with Crippen LogP contribution in [0.1, 0.15) is 59.1 Å². The van der Waals surface area contributed by atoms with Gasteiger partial charge in [0.1, 0.15) is 12.6 Å². The number of benzene rings is 4. The summed E-state index contributed by atoms with van der Waals surface area (Å²) in [5, 5.41) is 3.23. The molecule has 0 saturated heterocycles. The average molecular weight is 652 g/mol. The molecular weight excluding hydrogens is 607 g/mol. The predicted molar refractivity (Wildman–Crippen MR) is 188 cm³/mol. The minimum Gasteiger partial charge on any atom is -0.352 e. The van der Waals surface area contributed by atoms with E-state index in [9.17, 15) is 18.0 Å². The second-order valence-corrected chi connectivity index (χ2v) is 14.7. The van der Waals surface area contributed by atoms with Gasteiger partial charge in [0, 0.05) is 19.0 Å². The Kier molecular flexibility index (Phi) is 10.8. The van der Waals surface area contributed by atoms with Crippen LogP contribution in [0.2, 0.25) is 0 Å². The van der Waals surface area contributed by atoms with Crippen LogP contribution in [-0.2, 0) is 32.6 Å². The van der Waals surface area contributed by atoms with Crippen molar-refractivity contribution in [2.75, 3.05) is 10.8 Å². The zero-order chi connectivity index (χ0) is 33.6. The van der Waals surface area contributed by atoms with Gasteiger partial charge in [0.25, 0.3) is 10.0 Å². The number of aryl methyl sites for hydroxylation is 4. The standard InChI is InChI=1S/C39H45N3O4S/c1-28-17-19-36(20-18-28)47(45,46)42(35-23-30(3)21-31(4)24-35)27-38(43)41(26-33-14-10-11-29(2)22-33)37(25-32-12-6-5-7-13-32)39(44)40-34-15-8-9-16-34/h5-7,10-14,17-24,34,37H,8-9,15-16,25-27H2,1-4H3,(H,40,44)/t37-/m0/s1. The van der Waals surface area contributed by atoms with Crippen LogP contribution in [0.3, 0.4) is 0 Å².